The van der Waals surface area contributed by atoms with E-state index in [1.807, 2.05) is 6.92 Å². The van der Waals surface area contributed by atoms with E-state index in [2.05, 4.69) is 5.10 Å². The second-order valence-corrected chi connectivity index (χ2v) is 5.29. The SMILES string of the molecule is CCn1nc(C)c(Cl)c1CC(=O)c1cc(F)c(Cl)cc1F. The predicted octanol–water partition coefficient (Wildman–Crippen LogP) is 4.22. The number of halogens is 4. The van der Waals surface area contributed by atoms with Gasteiger partial charge in [-0.3, -0.25) is 9.48 Å². The number of Topliss-reactive ketones (excluding diaryl/α,β-unsaturated/α-hetero) is 1. The van der Waals surface area contributed by atoms with Crippen LogP contribution in [0.5, 0.6) is 0 Å². The van der Waals surface area contributed by atoms with Crippen LogP contribution in [0.15, 0.2) is 12.1 Å². The minimum atomic E-state index is -0.859. The van der Waals surface area contributed by atoms with Crippen molar-refractivity contribution in [3.05, 3.63) is 50.8 Å². The number of rotatable bonds is 4. The van der Waals surface area contributed by atoms with E-state index in [0.29, 0.717) is 23.0 Å². The van der Waals surface area contributed by atoms with Crippen LogP contribution >= 0.6 is 23.2 Å². The first-order chi connectivity index (χ1) is 9.85. The minimum Gasteiger partial charge on any atom is -0.294 e. The van der Waals surface area contributed by atoms with Gasteiger partial charge < -0.3 is 0 Å². The van der Waals surface area contributed by atoms with Crippen LogP contribution in [0.25, 0.3) is 0 Å². The fourth-order valence-electron chi connectivity index (χ4n) is 2.02. The Kier molecular flexibility index (Phi) is 4.64. The molecule has 1 aromatic heterocycles. The van der Waals surface area contributed by atoms with Gasteiger partial charge in [0.15, 0.2) is 5.78 Å². The largest absolute Gasteiger partial charge is 0.294 e. The summed E-state index contributed by atoms with van der Waals surface area (Å²) >= 11 is 11.6. The van der Waals surface area contributed by atoms with Gasteiger partial charge in [-0.15, -0.1) is 0 Å². The molecule has 0 N–H and O–H groups in total. The number of aryl methyl sites for hydroxylation is 2. The molecule has 0 radical (unpaired) electrons. The number of carbonyl (C=O) groups is 1. The van der Waals surface area contributed by atoms with Gasteiger partial charge in [0.1, 0.15) is 11.6 Å². The normalized spacial score (nSPS) is 11.0. The number of hydrogen-bond acceptors (Lipinski definition) is 2. The average molecular weight is 333 g/mol. The molecule has 0 bridgehead atoms. The molecular weight excluding hydrogens is 321 g/mol. The van der Waals surface area contributed by atoms with Crippen molar-refractivity contribution in [2.24, 2.45) is 0 Å². The van der Waals surface area contributed by atoms with E-state index < -0.39 is 17.4 Å². The third-order valence-electron chi connectivity index (χ3n) is 3.09. The summed E-state index contributed by atoms with van der Waals surface area (Å²) in [5, 5.41) is 4.17. The van der Waals surface area contributed by atoms with Gasteiger partial charge in [0.05, 0.1) is 33.4 Å². The van der Waals surface area contributed by atoms with Gasteiger partial charge >= 0.3 is 0 Å². The molecule has 0 saturated heterocycles. The van der Waals surface area contributed by atoms with E-state index in [1.165, 1.54) is 0 Å². The number of benzene rings is 1. The highest BCUT2D eigenvalue weighted by Crippen LogP contribution is 2.24. The highest BCUT2D eigenvalue weighted by molar-refractivity contribution is 6.32. The van der Waals surface area contributed by atoms with Gasteiger partial charge in [-0.25, -0.2) is 8.78 Å². The molecule has 112 valence electrons. The van der Waals surface area contributed by atoms with Crippen molar-refractivity contribution >= 4 is 29.0 Å². The second-order valence-electron chi connectivity index (χ2n) is 4.51. The lowest BCUT2D eigenvalue weighted by atomic mass is 10.1. The highest BCUT2D eigenvalue weighted by Gasteiger charge is 2.20. The quantitative estimate of drug-likeness (QED) is 0.620. The Morgan fingerprint density at radius 1 is 1.29 bits per heavy atom. The van der Waals surface area contributed by atoms with E-state index in [4.69, 9.17) is 23.2 Å². The highest BCUT2D eigenvalue weighted by atomic mass is 35.5. The lowest BCUT2D eigenvalue weighted by Crippen LogP contribution is -2.12. The first kappa shape index (κ1) is 15.9. The van der Waals surface area contributed by atoms with Gasteiger partial charge in [-0.1, -0.05) is 23.2 Å². The Morgan fingerprint density at radius 2 is 1.95 bits per heavy atom. The van der Waals surface area contributed by atoms with Gasteiger partial charge in [-0.05, 0) is 26.0 Å². The summed E-state index contributed by atoms with van der Waals surface area (Å²) in [6, 6.07) is 1.58. The van der Waals surface area contributed by atoms with Crippen LogP contribution < -0.4 is 0 Å². The van der Waals surface area contributed by atoms with Crippen molar-refractivity contribution in [3.8, 4) is 0 Å². The van der Waals surface area contributed by atoms with Crippen LogP contribution in [0.2, 0.25) is 10.0 Å². The molecule has 7 heteroatoms. The standard InChI is InChI=1S/C14H12Cl2F2N2O/c1-3-20-12(14(16)7(2)19-20)6-13(21)8-4-11(18)9(15)5-10(8)17/h4-5H,3,6H2,1-2H3. The topological polar surface area (TPSA) is 34.9 Å². The van der Waals surface area contributed by atoms with Gasteiger partial charge in [0, 0.05) is 6.54 Å². The minimum absolute atomic E-state index is 0.161. The molecule has 21 heavy (non-hydrogen) atoms. The number of carbonyl (C=O) groups excluding carboxylic acids is 1. The maximum absolute atomic E-state index is 13.7. The summed E-state index contributed by atoms with van der Waals surface area (Å²) in [7, 11) is 0. The maximum atomic E-state index is 13.7. The molecule has 3 nitrogen and oxygen atoms in total. The average Bonchev–Trinajstić information content (AvgIpc) is 2.70. The molecule has 0 aliphatic heterocycles. The molecule has 0 atom stereocenters. The lowest BCUT2D eigenvalue weighted by Gasteiger charge is -2.07. The van der Waals surface area contributed by atoms with Crippen LogP contribution in [0.4, 0.5) is 8.78 Å². The summed E-state index contributed by atoms with van der Waals surface area (Å²) in [5.74, 6) is -2.28. The molecule has 0 unspecified atom stereocenters. The Hall–Kier alpha value is -1.46. The molecule has 0 aliphatic carbocycles. The van der Waals surface area contributed by atoms with E-state index in [1.54, 1.807) is 11.6 Å². The van der Waals surface area contributed by atoms with Crippen molar-refractivity contribution in [3.63, 3.8) is 0 Å². The Labute approximate surface area is 130 Å². The van der Waals surface area contributed by atoms with Crippen molar-refractivity contribution in [2.75, 3.05) is 0 Å². The third kappa shape index (κ3) is 3.09. The Morgan fingerprint density at radius 3 is 2.57 bits per heavy atom. The zero-order valence-corrected chi connectivity index (χ0v) is 12.9. The van der Waals surface area contributed by atoms with E-state index in [9.17, 15) is 13.6 Å². The molecule has 0 spiro atoms. The van der Waals surface area contributed by atoms with Crippen LogP contribution in [-0.2, 0) is 13.0 Å². The number of hydrogen-bond donors (Lipinski definition) is 0. The smallest absolute Gasteiger partial charge is 0.171 e. The lowest BCUT2D eigenvalue weighted by molar-refractivity contribution is 0.0986. The Balaban J connectivity index is 2.37. The van der Waals surface area contributed by atoms with E-state index in [-0.39, 0.29) is 17.0 Å². The zero-order chi connectivity index (χ0) is 15.7. The molecule has 0 amide bonds. The van der Waals surface area contributed by atoms with Crippen LogP contribution in [0.1, 0.15) is 28.7 Å². The molecule has 0 aliphatic rings. The van der Waals surface area contributed by atoms with Crippen LogP contribution in [0, 0.1) is 18.6 Å². The summed E-state index contributed by atoms with van der Waals surface area (Å²) in [6.07, 6.45) is -0.161. The molecular formula is C14H12Cl2F2N2O. The van der Waals surface area contributed by atoms with Crippen molar-refractivity contribution in [1.82, 2.24) is 9.78 Å². The number of nitrogens with zero attached hydrogens (tertiary/aromatic N) is 2. The van der Waals surface area contributed by atoms with E-state index >= 15 is 0 Å². The second kappa shape index (κ2) is 6.12. The van der Waals surface area contributed by atoms with Gasteiger partial charge in [-0.2, -0.15) is 5.10 Å². The summed E-state index contributed by atoms with van der Waals surface area (Å²) in [5.41, 5.74) is 0.718. The first-order valence-electron chi connectivity index (χ1n) is 6.24. The van der Waals surface area contributed by atoms with Gasteiger partial charge in [0.2, 0.25) is 0 Å². The molecule has 1 aromatic carbocycles. The zero-order valence-electron chi connectivity index (χ0n) is 11.4. The monoisotopic (exact) mass is 332 g/mol. The fourth-order valence-corrected chi connectivity index (χ4v) is 2.37. The summed E-state index contributed by atoms with van der Waals surface area (Å²) in [4.78, 5) is 12.2. The molecule has 1 heterocycles. The molecule has 0 saturated carbocycles. The summed E-state index contributed by atoms with van der Waals surface area (Å²) in [6.45, 7) is 4.08. The maximum Gasteiger partial charge on any atom is 0.171 e. The third-order valence-corrected chi connectivity index (χ3v) is 3.87. The number of ketones is 1. The van der Waals surface area contributed by atoms with Crippen LogP contribution in [-0.4, -0.2) is 15.6 Å². The molecule has 2 rings (SSSR count). The summed E-state index contributed by atoms with van der Waals surface area (Å²) < 4.78 is 28.7. The molecule has 2 aromatic rings. The van der Waals surface area contributed by atoms with Crippen molar-refractivity contribution in [1.29, 1.82) is 0 Å². The van der Waals surface area contributed by atoms with Crippen molar-refractivity contribution in [2.45, 2.75) is 26.8 Å². The van der Waals surface area contributed by atoms with E-state index in [0.717, 1.165) is 12.1 Å². The first-order valence-corrected chi connectivity index (χ1v) is 7.00. The van der Waals surface area contributed by atoms with Crippen LogP contribution in [0.3, 0.4) is 0 Å². The van der Waals surface area contributed by atoms with Gasteiger partial charge in [0.25, 0.3) is 0 Å². The fraction of sp³-hybridized carbons (Fsp3) is 0.286. The van der Waals surface area contributed by atoms with Crippen molar-refractivity contribution < 1.29 is 13.6 Å². The number of aromatic nitrogens is 2. The Bertz CT molecular complexity index is 713. The molecule has 0 fully saturated rings. The predicted molar refractivity (Wildman–Crippen MR) is 77.1 cm³/mol.